The third-order valence-electron chi connectivity index (χ3n) is 4.49. The van der Waals surface area contributed by atoms with E-state index in [-0.39, 0.29) is 0 Å². The number of aromatic nitrogens is 4. The Morgan fingerprint density at radius 3 is 2.81 bits per heavy atom. The van der Waals surface area contributed by atoms with Gasteiger partial charge in [-0.15, -0.1) is 11.6 Å². The second-order valence-corrected chi connectivity index (χ2v) is 6.41. The fraction of sp³-hybridized carbons (Fsp3) is 0.733. The Bertz CT molecular complexity index is 630. The molecule has 2 aromatic heterocycles. The smallest absolute Gasteiger partial charge is 0.158 e. The van der Waals surface area contributed by atoms with Crippen LogP contribution >= 0.6 is 11.6 Å². The van der Waals surface area contributed by atoms with E-state index in [1.165, 1.54) is 19.4 Å². The van der Waals surface area contributed by atoms with Crippen molar-refractivity contribution in [2.45, 2.75) is 38.6 Å². The average molecular weight is 310 g/mol. The van der Waals surface area contributed by atoms with Crippen molar-refractivity contribution >= 4 is 22.8 Å². The monoisotopic (exact) mass is 309 g/mol. The van der Waals surface area contributed by atoms with Crippen molar-refractivity contribution in [2.24, 2.45) is 13.0 Å². The number of nitrogens with zero attached hydrogens (tertiary/aromatic N) is 5. The molecule has 0 radical (unpaired) electrons. The first kappa shape index (κ1) is 14.9. The van der Waals surface area contributed by atoms with Crippen LogP contribution in [-0.2, 0) is 25.9 Å². The molecular formula is C15H24ClN5. The lowest BCUT2D eigenvalue weighted by Gasteiger charge is -2.30. The molecule has 3 rings (SSSR count). The van der Waals surface area contributed by atoms with Gasteiger partial charge in [0.15, 0.2) is 5.65 Å². The lowest BCUT2D eigenvalue weighted by molar-refractivity contribution is 0.194. The molecule has 1 fully saturated rings. The third-order valence-corrected chi connectivity index (χ3v) is 4.73. The van der Waals surface area contributed by atoms with Crippen LogP contribution in [0.15, 0.2) is 0 Å². The van der Waals surface area contributed by atoms with Crippen molar-refractivity contribution in [3.63, 3.8) is 0 Å². The van der Waals surface area contributed by atoms with Crippen LogP contribution in [0.25, 0.3) is 11.2 Å². The Hall–Kier alpha value is -1.07. The van der Waals surface area contributed by atoms with Crippen molar-refractivity contribution < 1.29 is 0 Å². The summed E-state index contributed by atoms with van der Waals surface area (Å²) in [6.45, 7) is 5.48. The van der Waals surface area contributed by atoms with Gasteiger partial charge < -0.3 is 9.47 Å². The van der Waals surface area contributed by atoms with Gasteiger partial charge in [-0.05, 0) is 38.8 Å². The van der Waals surface area contributed by atoms with Gasteiger partial charge in [-0.25, -0.2) is 4.98 Å². The fourth-order valence-electron chi connectivity index (χ4n) is 3.50. The van der Waals surface area contributed by atoms with E-state index < -0.39 is 0 Å². The number of hydrogen-bond donors (Lipinski definition) is 0. The number of likely N-dealkylation sites (tertiary alicyclic amines) is 1. The molecule has 0 aliphatic carbocycles. The number of alkyl halides is 1. The normalized spacial score (nSPS) is 20.5. The minimum atomic E-state index is 0.459. The van der Waals surface area contributed by atoms with E-state index in [2.05, 4.69) is 28.5 Å². The highest BCUT2D eigenvalue weighted by Gasteiger charge is 2.23. The van der Waals surface area contributed by atoms with Gasteiger partial charge in [0.05, 0.1) is 11.6 Å². The van der Waals surface area contributed by atoms with Crippen molar-refractivity contribution in [1.29, 1.82) is 0 Å². The van der Waals surface area contributed by atoms with E-state index in [0.29, 0.717) is 11.8 Å². The van der Waals surface area contributed by atoms with E-state index in [1.54, 1.807) is 0 Å². The lowest BCUT2D eigenvalue weighted by atomic mass is 9.98. The van der Waals surface area contributed by atoms with Crippen molar-refractivity contribution in [1.82, 2.24) is 24.2 Å². The zero-order valence-corrected chi connectivity index (χ0v) is 13.9. The molecule has 1 atom stereocenters. The fourth-order valence-corrected chi connectivity index (χ4v) is 3.70. The minimum absolute atomic E-state index is 0.459. The first-order valence-corrected chi connectivity index (χ1v) is 8.33. The number of hydrogen-bond acceptors (Lipinski definition) is 3. The summed E-state index contributed by atoms with van der Waals surface area (Å²) >= 11 is 6.13. The highest BCUT2D eigenvalue weighted by molar-refractivity contribution is 6.16. The molecule has 2 aromatic rings. The van der Waals surface area contributed by atoms with Gasteiger partial charge in [-0.1, -0.05) is 6.92 Å². The number of fused-ring (bicyclic) bond motifs is 1. The van der Waals surface area contributed by atoms with Crippen LogP contribution in [-0.4, -0.2) is 44.4 Å². The van der Waals surface area contributed by atoms with Gasteiger partial charge in [0.1, 0.15) is 11.3 Å². The van der Waals surface area contributed by atoms with Gasteiger partial charge in [0.2, 0.25) is 0 Å². The highest BCUT2D eigenvalue weighted by atomic mass is 35.5. The summed E-state index contributed by atoms with van der Waals surface area (Å²) in [5, 5.41) is 4.59. The third kappa shape index (κ3) is 2.69. The average Bonchev–Trinajstić information content (AvgIpc) is 2.97. The molecule has 1 saturated heterocycles. The van der Waals surface area contributed by atoms with Gasteiger partial charge in [0.25, 0.3) is 0 Å². The van der Waals surface area contributed by atoms with Crippen LogP contribution in [0.3, 0.4) is 0 Å². The lowest BCUT2D eigenvalue weighted by Crippen LogP contribution is -2.34. The van der Waals surface area contributed by atoms with Gasteiger partial charge in [-0.2, -0.15) is 5.10 Å². The van der Waals surface area contributed by atoms with Crippen LogP contribution in [0.4, 0.5) is 0 Å². The number of rotatable bonds is 4. The molecule has 1 aliphatic rings. The molecule has 0 aromatic carbocycles. The molecule has 0 saturated carbocycles. The maximum absolute atomic E-state index is 6.13. The molecule has 5 nitrogen and oxygen atoms in total. The summed E-state index contributed by atoms with van der Waals surface area (Å²) in [5.74, 6) is 2.10. The molecule has 1 aliphatic heterocycles. The first-order valence-electron chi connectivity index (χ1n) is 7.79. The summed E-state index contributed by atoms with van der Waals surface area (Å²) in [6.07, 6.45) is 3.47. The van der Waals surface area contributed by atoms with Crippen LogP contribution in [0.5, 0.6) is 0 Å². The van der Waals surface area contributed by atoms with Gasteiger partial charge in [-0.3, -0.25) is 4.68 Å². The van der Waals surface area contributed by atoms with Crippen LogP contribution < -0.4 is 0 Å². The van der Waals surface area contributed by atoms with E-state index in [9.17, 15) is 0 Å². The summed E-state index contributed by atoms with van der Waals surface area (Å²) in [6, 6.07) is 0. The van der Waals surface area contributed by atoms with Crippen molar-refractivity contribution in [3.8, 4) is 0 Å². The Balaban J connectivity index is 1.98. The topological polar surface area (TPSA) is 38.9 Å². The standard InChI is InChI=1S/C15H24ClN5/c1-4-12-14-15(20(3)18-12)21(13(8-16)17-14)10-11-6-5-7-19(2)9-11/h11H,4-10H2,1-3H3. The summed E-state index contributed by atoms with van der Waals surface area (Å²) in [5.41, 5.74) is 3.22. The van der Waals surface area contributed by atoms with E-state index in [1.807, 2.05) is 11.7 Å². The molecule has 3 heterocycles. The Morgan fingerprint density at radius 1 is 1.33 bits per heavy atom. The quantitative estimate of drug-likeness (QED) is 0.814. The summed E-state index contributed by atoms with van der Waals surface area (Å²) in [4.78, 5) is 7.16. The SMILES string of the molecule is CCc1nn(C)c2c1nc(CCl)n2CC1CCCN(C)C1. The summed E-state index contributed by atoms with van der Waals surface area (Å²) < 4.78 is 4.25. The Kier molecular flexibility index (Phi) is 4.22. The minimum Gasteiger partial charge on any atom is -0.312 e. The number of halogens is 1. The molecule has 6 heteroatoms. The largest absolute Gasteiger partial charge is 0.312 e. The Morgan fingerprint density at radius 2 is 2.14 bits per heavy atom. The molecule has 0 bridgehead atoms. The molecule has 0 amide bonds. The van der Waals surface area contributed by atoms with Gasteiger partial charge >= 0.3 is 0 Å². The maximum atomic E-state index is 6.13. The van der Waals surface area contributed by atoms with Crippen LogP contribution in [0.2, 0.25) is 0 Å². The van der Waals surface area contributed by atoms with Crippen molar-refractivity contribution in [2.75, 3.05) is 20.1 Å². The molecule has 116 valence electrons. The van der Waals surface area contributed by atoms with E-state index in [0.717, 1.165) is 42.2 Å². The molecule has 21 heavy (non-hydrogen) atoms. The van der Waals surface area contributed by atoms with Crippen molar-refractivity contribution in [3.05, 3.63) is 11.5 Å². The summed E-state index contributed by atoms with van der Waals surface area (Å²) in [7, 11) is 4.21. The number of aryl methyl sites for hydroxylation is 2. The highest BCUT2D eigenvalue weighted by Crippen LogP contribution is 2.25. The zero-order chi connectivity index (χ0) is 15.0. The zero-order valence-electron chi connectivity index (χ0n) is 13.1. The molecular weight excluding hydrogens is 286 g/mol. The molecule has 0 spiro atoms. The van der Waals surface area contributed by atoms with Gasteiger partial charge in [0, 0.05) is 20.1 Å². The predicted octanol–water partition coefficient (Wildman–Crippen LogP) is 2.41. The first-order chi connectivity index (χ1) is 10.1. The molecule has 1 unspecified atom stereocenters. The second-order valence-electron chi connectivity index (χ2n) is 6.14. The maximum Gasteiger partial charge on any atom is 0.158 e. The van der Waals surface area contributed by atoms with Crippen LogP contribution in [0.1, 0.15) is 31.3 Å². The van der Waals surface area contributed by atoms with E-state index >= 15 is 0 Å². The number of piperidine rings is 1. The second kappa shape index (κ2) is 5.97. The molecule has 0 N–H and O–H groups in total. The van der Waals surface area contributed by atoms with E-state index in [4.69, 9.17) is 16.6 Å². The van der Waals surface area contributed by atoms with Crippen LogP contribution in [0, 0.1) is 5.92 Å². The number of imidazole rings is 1. The predicted molar refractivity (Wildman–Crippen MR) is 85.7 cm³/mol. The Labute approximate surface area is 130 Å².